The highest BCUT2D eigenvalue weighted by atomic mass is 16.2. The highest BCUT2D eigenvalue weighted by Crippen LogP contribution is 2.15. The van der Waals surface area contributed by atoms with Crippen molar-refractivity contribution in [1.29, 1.82) is 0 Å². The first-order chi connectivity index (χ1) is 12.1. The Morgan fingerprint density at radius 1 is 1.16 bits per heavy atom. The number of benzene rings is 1. The summed E-state index contributed by atoms with van der Waals surface area (Å²) in [4.78, 5) is 33.7. The van der Waals surface area contributed by atoms with Crippen molar-refractivity contribution in [3.63, 3.8) is 0 Å². The number of hydrogen-bond acceptors (Lipinski definition) is 3. The Hall–Kier alpha value is -2.95. The molecule has 1 aromatic carbocycles. The molecule has 3 rings (SSSR count). The van der Waals surface area contributed by atoms with Gasteiger partial charge in [-0.15, -0.1) is 0 Å². The van der Waals surface area contributed by atoms with E-state index >= 15 is 0 Å². The Labute approximate surface area is 146 Å². The molecule has 0 bridgehead atoms. The average Bonchev–Trinajstić information content (AvgIpc) is 2.62. The van der Waals surface area contributed by atoms with Gasteiger partial charge in [-0.3, -0.25) is 14.6 Å². The number of aryl methyl sites for hydroxylation is 1. The molecule has 1 N–H and O–H groups in total. The third kappa shape index (κ3) is 3.76. The SMILES string of the molecule is CCCN(Cc1cc2cc(C)ccc2[nH]c1=O)C(=O)c1ccncc1. The van der Waals surface area contributed by atoms with Crippen LogP contribution in [0.4, 0.5) is 0 Å². The average molecular weight is 335 g/mol. The van der Waals surface area contributed by atoms with Gasteiger partial charge in [0, 0.05) is 35.6 Å². The van der Waals surface area contributed by atoms with Crippen molar-refractivity contribution < 1.29 is 4.79 Å². The Bertz CT molecular complexity index is 948. The van der Waals surface area contributed by atoms with Crippen LogP contribution < -0.4 is 5.56 Å². The van der Waals surface area contributed by atoms with Crippen LogP contribution in [0.25, 0.3) is 10.9 Å². The number of aromatic nitrogens is 2. The van der Waals surface area contributed by atoms with E-state index in [0.29, 0.717) is 17.7 Å². The zero-order chi connectivity index (χ0) is 17.8. The van der Waals surface area contributed by atoms with Crippen molar-refractivity contribution in [3.8, 4) is 0 Å². The van der Waals surface area contributed by atoms with Crippen LogP contribution in [-0.2, 0) is 6.54 Å². The van der Waals surface area contributed by atoms with Crippen molar-refractivity contribution in [3.05, 3.63) is 75.8 Å². The summed E-state index contributed by atoms with van der Waals surface area (Å²) in [5, 5.41) is 0.974. The Morgan fingerprint density at radius 2 is 1.92 bits per heavy atom. The van der Waals surface area contributed by atoms with Crippen LogP contribution in [-0.4, -0.2) is 27.3 Å². The van der Waals surface area contributed by atoms with Gasteiger partial charge in [-0.1, -0.05) is 18.6 Å². The first-order valence-electron chi connectivity index (χ1n) is 8.40. The second-order valence-electron chi connectivity index (χ2n) is 6.18. The third-order valence-electron chi connectivity index (χ3n) is 4.15. The van der Waals surface area contributed by atoms with Crippen molar-refractivity contribution in [2.45, 2.75) is 26.8 Å². The molecule has 0 fully saturated rings. The maximum atomic E-state index is 12.8. The Balaban J connectivity index is 1.94. The molecular weight excluding hydrogens is 314 g/mol. The van der Waals surface area contributed by atoms with Crippen LogP contribution in [0.1, 0.15) is 34.8 Å². The number of amides is 1. The molecule has 2 aromatic heterocycles. The minimum Gasteiger partial charge on any atom is -0.334 e. The topological polar surface area (TPSA) is 66.1 Å². The smallest absolute Gasteiger partial charge is 0.254 e. The van der Waals surface area contributed by atoms with Crippen LogP contribution >= 0.6 is 0 Å². The summed E-state index contributed by atoms with van der Waals surface area (Å²) in [6.07, 6.45) is 4.02. The number of nitrogens with zero attached hydrogens (tertiary/aromatic N) is 2. The molecule has 3 aromatic rings. The summed E-state index contributed by atoms with van der Waals surface area (Å²) >= 11 is 0. The molecule has 5 nitrogen and oxygen atoms in total. The van der Waals surface area contributed by atoms with E-state index in [1.807, 2.05) is 38.1 Å². The monoisotopic (exact) mass is 335 g/mol. The molecule has 0 aliphatic carbocycles. The number of pyridine rings is 2. The molecular formula is C20H21N3O2. The summed E-state index contributed by atoms with van der Waals surface area (Å²) in [7, 11) is 0. The van der Waals surface area contributed by atoms with Crippen LogP contribution in [0.5, 0.6) is 0 Å². The van der Waals surface area contributed by atoms with Crippen LogP contribution in [0.3, 0.4) is 0 Å². The van der Waals surface area contributed by atoms with Crippen molar-refractivity contribution in [1.82, 2.24) is 14.9 Å². The summed E-state index contributed by atoms with van der Waals surface area (Å²) in [5.41, 5.74) is 2.95. The molecule has 0 radical (unpaired) electrons. The quantitative estimate of drug-likeness (QED) is 0.778. The van der Waals surface area contributed by atoms with E-state index in [-0.39, 0.29) is 18.0 Å². The fourth-order valence-electron chi connectivity index (χ4n) is 2.89. The molecule has 1 amide bonds. The van der Waals surface area contributed by atoms with Crippen LogP contribution in [0.15, 0.2) is 53.6 Å². The summed E-state index contributed by atoms with van der Waals surface area (Å²) in [6.45, 7) is 4.90. The van der Waals surface area contributed by atoms with E-state index in [1.165, 1.54) is 0 Å². The summed E-state index contributed by atoms with van der Waals surface area (Å²) in [6, 6.07) is 11.2. The van der Waals surface area contributed by atoms with Crippen molar-refractivity contribution in [2.75, 3.05) is 6.54 Å². The molecule has 0 aliphatic heterocycles. The number of nitrogens with one attached hydrogen (secondary N) is 1. The molecule has 25 heavy (non-hydrogen) atoms. The standard InChI is InChI=1S/C20H21N3O2/c1-3-10-23(20(25)15-6-8-21-9-7-15)13-17-12-16-11-14(2)4-5-18(16)22-19(17)24/h4-9,11-12H,3,10,13H2,1-2H3,(H,22,24). The van der Waals surface area contributed by atoms with Gasteiger partial charge in [0.05, 0.1) is 6.54 Å². The highest BCUT2D eigenvalue weighted by molar-refractivity contribution is 5.94. The van der Waals surface area contributed by atoms with Gasteiger partial charge in [0.15, 0.2) is 0 Å². The second-order valence-corrected chi connectivity index (χ2v) is 6.18. The maximum absolute atomic E-state index is 12.8. The van der Waals surface area contributed by atoms with E-state index in [4.69, 9.17) is 0 Å². The first-order valence-corrected chi connectivity index (χ1v) is 8.40. The number of H-pyrrole nitrogens is 1. The Morgan fingerprint density at radius 3 is 2.64 bits per heavy atom. The molecule has 5 heteroatoms. The predicted octanol–water partition coefficient (Wildman–Crippen LogP) is 3.28. The largest absolute Gasteiger partial charge is 0.334 e. The summed E-state index contributed by atoms with van der Waals surface area (Å²) < 4.78 is 0. The van der Waals surface area contributed by atoms with E-state index in [9.17, 15) is 9.59 Å². The van der Waals surface area contributed by atoms with Gasteiger partial charge in [-0.25, -0.2) is 0 Å². The Kier molecular flexibility index (Phi) is 4.93. The number of carbonyl (C=O) groups is 1. The number of hydrogen-bond donors (Lipinski definition) is 1. The molecule has 0 aliphatic rings. The lowest BCUT2D eigenvalue weighted by molar-refractivity contribution is 0.0742. The first kappa shape index (κ1) is 16.9. The van der Waals surface area contributed by atoms with E-state index < -0.39 is 0 Å². The lowest BCUT2D eigenvalue weighted by Crippen LogP contribution is -2.33. The van der Waals surface area contributed by atoms with E-state index in [2.05, 4.69) is 9.97 Å². The van der Waals surface area contributed by atoms with Crippen LogP contribution in [0.2, 0.25) is 0 Å². The van der Waals surface area contributed by atoms with E-state index in [1.54, 1.807) is 29.4 Å². The minimum absolute atomic E-state index is 0.0898. The second kappa shape index (κ2) is 7.30. The number of carbonyl (C=O) groups excluding carboxylic acids is 1. The van der Waals surface area contributed by atoms with Crippen molar-refractivity contribution in [2.24, 2.45) is 0 Å². The predicted molar refractivity (Wildman–Crippen MR) is 98.6 cm³/mol. The lowest BCUT2D eigenvalue weighted by atomic mass is 10.1. The highest BCUT2D eigenvalue weighted by Gasteiger charge is 2.17. The van der Waals surface area contributed by atoms with Gasteiger partial charge in [0.2, 0.25) is 0 Å². The van der Waals surface area contributed by atoms with Gasteiger partial charge in [0.1, 0.15) is 0 Å². The molecule has 0 saturated heterocycles. The lowest BCUT2D eigenvalue weighted by Gasteiger charge is -2.22. The third-order valence-corrected chi connectivity index (χ3v) is 4.15. The number of aromatic amines is 1. The van der Waals surface area contributed by atoms with Gasteiger partial charge >= 0.3 is 0 Å². The van der Waals surface area contributed by atoms with Crippen LogP contribution in [0, 0.1) is 6.92 Å². The molecule has 0 unspecified atom stereocenters. The number of rotatable bonds is 5. The zero-order valence-corrected chi connectivity index (χ0v) is 14.5. The van der Waals surface area contributed by atoms with Gasteiger partial charge < -0.3 is 9.88 Å². The minimum atomic E-state index is -0.153. The fourth-order valence-corrected chi connectivity index (χ4v) is 2.89. The molecule has 128 valence electrons. The summed E-state index contributed by atoms with van der Waals surface area (Å²) in [5.74, 6) is -0.0898. The molecule has 0 spiro atoms. The molecule has 0 saturated carbocycles. The maximum Gasteiger partial charge on any atom is 0.254 e. The molecule has 2 heterocycles. The number of fused-ring (bicyclic) bond motifs is 1. The molecule has 0 atom stereocenters. The fraction of sp³-hybridized carbons (Fsp3) is 0.250. The van der Waals surface area contributed by atoms with Gasteiger partial charge in [-0.05, 0) is 49.1 Å². The normalized spacial score (nSPS) is 10.8. The zero-order valence-electron chi connectivity index (χ0n) is 14.5. The van der Waals surface area contributed by atoms with E-state index in [0.717, 1.165) is 22.9 Å². The van der Waals surface area contributed by atoms with Gasteiger partial charge in [0.25, 0.3) is 11.5 Å². The van der Waals surface area contributed by atoms with Gasteiger partial charge in [-0.2, -0.15) is 0 Å². The van der Waals surface area contributed by atoms with Crippen molar-refractivity contribution >= 4 is 16.8 Å².